The number of benzene rings is 1. The molecule has 2 N–H and O–H groups in total. The van der Waals surface area contributed by atoms with Gasteiger partial charge in [0.25, 0.3) is 0 Å². The fourth-order valence-electron chi connectivity index (χ4n) is 1.33. The SMILES string of the molecule is Nc1ccc(Cl)c(S(=O)(=O)CCCC(F)(F)F)c1. The van der Waals surface area contributed by atoms with Gasteiger partial charge in [-0.05, 0) is 24.6 Å². The van der Waals surface area contributed by atoms with Gasteiger partial charge in [0, 0.05) is 12.1 Å². The number of nitrogen functional groups attached to an aromatic ring is 1. The topological polar surface area (TPSA) is 60.2 Å². The molecule has 0 atom stereocenters. The van der Waals surface area contributed by atoms with Crippen molar-refractivity contribution in [3.05, 3.63) is 23.2 Å². The molecule has 0 amide bonds. The Morgan fingerprint density at radius 1 is 1.28 bits per heavy atom. The summed E-state index contributed by atoms with van der Waals surface area (Å²) in [6.45, 7) is 0. The van der Waals surface area contributed by atoms with E-state index in [2.05, 4.69) is 0 Å². The van der Waals surface area contributed by atoms with Crippen molar-refractivity contribution in [2.75, 3.05) is 11.5 Å². The normalized spacial score (nSPS) is 12.7. The van der Waals surface area contributed by atoms with Crippen LogP contribution in [-0.2, 0) is 9.84 Å². The Bertz CT molecular complexity index is 528. The number of anilines is 1. The van der Waals surface area contributed by atoms with Crippen LogP contribution >= 0.6 is 11.6 Å². The maximum absolute atomic E-state index is 11.9. The molecule has 102 valence electrons. The summed E-state index contributed by atoms with van der Waals surface area (Å²) in [5, 5.41) is -0.0452. The molecule has 0 aliphatic heterocycles. The smallest absolute Gasteiger partial charge is 0.389 e. The molecular formula is C10H11ClF3NO2S. The first kappa shape index (κ1) is 15.1. The van der Waals surface area contributed by atoms with Crippen molar-refractivity contribution >= 4 is 27.1 Å². The van der Waals surface area contributed by atoms with Gasteiger partial charge in [-0.25, -0.2) is 8.42 Å². The van der Waals surface area contributed by atoms with E-state index in [4.69, 9.17) is 17.3 Å². The predicted octanol–water partition coefficient (Wildman–Crippen LogP) is 3.04. The Morgan fingerprint density at radius 3 is 2.44 bits per heavy atom. The van der Waals surface area contributed by atoms with E-state index in [0.29, 0.717) is 0 Å². The van der Waals surface area contributed by atoms with E-state index >= 15 is 0 Å². The lowest BCUT2D eigenvalue weighted by Gasteiger charge is -2.08. The highest BCUT2D eigenvalue weighted by atomic mass is 35.5. The van der Waals surface area contributed by atoms with Crippen molar-refractivity contribution in [1.82, 2.24) is 0 Å². The molecule has 0 aromatic heterocycles. The summed E-state index contributed by atoms with van der Waals surface area (Å²) in [6, 6.07) is 3.86. The number of nitrogens with two attached hydrogens (primary N) is 1. The summed E-state index contributed by atoms with van der Waals surface area (Å²) < 4.78 is 59.4. The van der Waals surface area contributed by atoms with E-state index in [0.717, 1.165) is 6.07 Å². The van der Waals surface area contributed by atoms with Gasteiger partial charge in [-0.15, -0.1) is 0 Å². The Morgan fingerprint density at radius 2 is 1.89 bits per heavy atom. The monoisotopic (exact) mass is 301 g/mol. The van der Waals surface area contributed by atoms with E-state index in [-0.39, 0.29) is 15.6 Å². The third-order valence-electron chi connectivity index (χ3n) is 2.16. The maximum atomic E-state index is 11.9. The first-order valence-electron chi connectivity index (χ1n) is 4.96. The lowest BCUT2D eigenvalue weighted by molar-refractivity contribution is -0.134. The number of rotatable bonds is 4. The summed E-state index contributed by atoms with van der Waals surface area (Å²) in [5.74, 6) is -0.615. The molecule has 0 spiro atoms. The van der Waals surface area contributed by atoms with Gasteiger partial charge in [0.2, 0.25) is 0 Å². The highest BCUT2D eigenvalue weighted by Crippen LogP contribution is 2.27. The minimum atomic E-state index is -4.37. The molecule has 3 nitrogen and oxygen atoms in total. The molecule has 0 radical (unpaired) electrons. The van der Waals surface area contributed by atoms with Crippen molar-refractivity contribution in [2.45, 2.75) is 23.9 Å². The molecule has 0 aliphatic carbocycles. The second kappa shape index (κ2) is 5.36. The lowest BCUT2D eigenvalue weighted by Crippen LogP contribution is -2.13. The molecule has 8 heteroatoms. The molecule has 0 saturated carbocycles. The zero-order valence-corrected chi connectivity index (χ0v) is 10.7. The molecule has 0 heterocycles. The van der Waals surface area contributed by atoms with Gasteiger partial charge in [-0.2, -0.15) is 13.2 Å². The van der Waals surface area contributed by atoms with E-state index in [9.17, 15) is 21.6 Å². The van der Waals surface area contributed by atoms with Gasteiger partial charge >= 0.3 is 6.18 Å². The van der Waals surface area contributed by atoms with Gasteiger partial charge in [-0.3, -0.25) is 0 Å². The zero-order valence-electron chi connectivity index (χ0n) is 9.17. The van der Waals surface area contributed by atoms with Crippen LogP contribution in [0.1, 0.15) is 12.8 Å². The van der Waals surface area contributed by atoms with Crippen molar-refractivity contribution in [3.63, 3.8) is 0 Å². The number of hydrogen-bond acceptors (Lipinski definition) is 3. The van der Waals surface area contributed by atoms with E-state index in [1.165, 1.54) is 12.1 Å². The average molecular weight is 302 g/mol. The predicted molar refractivity (Wildman–Crippen MR) is 63.2 cm³/mol. The second-order valence-corrected chi connectivity index (χ2v) is 6.21. The Hall–Kier alpha value is -0.950. The van der Waals surface area contributed by atoms with Gasteiger partial charge in [0.15, 0.2) is 9.84 Å². The van der Waals surface area contributed by atoms with Crippen LogP contribution in [0, 0.1) is 0 Å². The maximum Gasteiger partial charge on any atom is 0.389 e. The van der Waals surface area contributed by atoms with Gasteiger partial charge in [-0.1, -0.05) is 11.6 Å². The van der Waals surface area contributed by atoms with Crippen molar-refractivity contribution in [2.24, 2.45) is 0 Å². The zero-order chi connectivity index (χ0) is 14.0. The molecule has 18 heavy (non-hydrogen) atoms. The standard InChI is InChI=1S/C10H11ClF3NO2S/c11-8-3-2-7(15)6-9(8)18(16,17)5-1-4-10(12,13)14/h2-3,6H,1,4-5,15H2. The summed E-state index contributed by atoms with van der Waals surface area (Å²) in [4.78, 5) is -0.230. The summed E-state index contributed by atoms with van der Waals surface area (Å²) in [6.07, 6.45) is -6.02. The van der Waals surface area contributed by atoms with Crippen LogP contribution in [0.5, 0.6) is 0 Å². The molecule has 1 aromatic rings. The van der Waals surface area contributed by atoms with Gasteiger partial charge in [0.1, 0.15) is 0 Å². The molecule has 0 fully saturated rings. The number of alkyl halides is 3. The average Bonchev–Trinajstić information content (AvgIpc) is 2.19. The van der Waals surface area contributed by atoms with Crippen LogP contribution in [0.2, 0.25) is 5.02 Å². The van der Waals surface area contributed by atoms with Crippen molar-refractivity contribution < 1.29 is 21.6 Å². The summed E-state index contributed by atoms with van der Waals surface area (Å²) >= 11 is 5.69. The Balaban J connectivity index is 2.84. The minimum absolute atomic E-state index is 0.0452. The molecule has 1 aromatic carbocycles. The fraction of sp³-hybridized carbons (Fsp3) is 0.400. The molecule has 0 aliphatic rings. The Kier molecular flexibility index (Phi) is 4.50. The first-order valence-corrected chi connectivity index (χ1v) is 6.99. The van der Waals surface area contributed by atoms with Gasteiger partial charge in [0.05, 0.1) is 15.7 Å². The summed E-state index contributed by atoms with van der Waals surface area (Å²) in [7, 11) is -3.85. The van der Waals surface area contributed by atoms with Gasteiger partial charge < -0.3 is 5.73 Å². The van der Waals surface area contributed by atoms with Crippen LogP contribution in [0.15, 0.2) is 23.1 Å². The highest BCUT2D eigenvalue weighted by Gasteiger charge is 2.28. The first-order chi connectivity index (χ1) is 8.12. The molecule has 0 bridgehead atoms. The fourth-order valence-corrected chi connectivity index (χ4v) is 3.23. The Labute approximate surface area is 108 Å². The van der Waals surface area contributed by atoms with Crippen LogP contribution in [-0.4, -0.2) is 20.3 Å². The second-order valence-electron chi connectivity index (χ2n) is 3.73. The number of hydrogen-bond donors (Lipinski definition) is 1. The highest BCUT2D eigenvalue weighted by molar-refractivity contribution is 7.91. The molecule has 0 saturated heterocycles. The van der Waals surface area contributed by atoms with E-state index < -0.39 is 34.6 Å². The van der Waals surface area contributed by atoms with Crippen molar-refractivity contribution in [1.29, 1.82) is 0 Å². The van der Waals surface area contributed by atoms with E-state index in [1.54, 1.807) is 0 Å². The molecular weight excluding hydrogens is 291 g/mol. The van der Waals surface area contributed by atoms with E-state index in [1.807, 2.05) is 0 Å². The third-order valence-corrected chi connectivity index (χ3v) is 4.44. The molecule has 1 rings (SSSR count). The quantitative estimate of drug-likeness (QED) is 0.870. The largest absolute Gasteiger partial charge is 0.399 e. The summed E-state index contributed by atoms with van der Waals surface area (Å²) in [5.41, 5.74) is 5.61. The van der Waals surface area contributed by atoms with Crippen molar-refractivity contribution in [3.8, 4) is 0 Å². The lowest BCUT2D eigenvalue weighted by atomic mass is 10.3. The minimum Gasteiger partial charge on any atom is -0.399 e. The molecule has 0 unspecified atom stereocenters. The third kappa shape index (κ3) is 4.38. The van der Waals surface area contributed by atoms with Crippen LogP contribution < -0.4 is 5.73 Å². The van der Waals surface area contributed by atoms with Crippen LogP contribution in [0.3, 0.4) is 0 Å². The number of sulfone groups is 1. The van der Waals surface area contributed by atoms with Crippen LogP contribution in [0.25, 0.3) is 0 Å². The van der Waals surface area contributed by atoms with Crippen LogP contribution in [0.4, 0.5) is 18.9 Å². The number of halogens is 4.